The second-order valence-electron chi connectivity index (χ2n) is 5.38. The van der Waals surface area contributed by atoms with Crippen LogP contribution in [-0.4, -0.2) is 24.4 Å². The fraction of sp³-hybridized carbons (Fsp3) is 0.0526. The molecule has 140 valence electrons. The summed E-state index contributed by atoms with van der Waals surface area (Å²) >= 11 is 1.19. The summed E-state index contributed by atoms with van der Waals surface area (Å²) in [5, 5.41) is 16.1. The van der Waals surface area contributed by atoms with Crippen molar-refractivity contribution in [3.05, 3.63) is 71.0 Å². The Morgan fingerprint density at radius 2 is 1.93 bits per heavy atom. The van der Waals surface area contributed by atoms with Crippen molar-refractivity contribution in [3.63, 3.8) is 0 Å². The molecule has 0 atom stereocenters. The summed E-state index contributed by atoms with van der Waals surface area (Å²) in [6.07, 6.45) is 1.36. The zero-order valence-corrected chi connectivity index (χ0v) is 15.1. The van der Waals surface area contributed by atoms with Crippen LogP contribution in [0.1, 0.15) is 26.5 Å². The minimum atomic E-state index is -0.780. The molecular formula is C19H13N3O5S. The van der Waals surface area contributed by atoms with Crippen molar-refractivity contribution in [1.29, 1.82) is 5.26 Å². The molecule has 9 heteroatoms. The van der Waals surface area contributed by atoms with Gasteiger partial charge in [0.1, 0.15) is 11.1 Å². The first-order valence-electron chi connectivity index (χ1n) is 7.97. The molecule has 3 aromatic rings. The van der Waals surface area contributed by atoms with Gasteiger partial charge in [0.05, 0.1) is 23.1 Å². The standard InChI is InChI=1S/C19H13N3O5S/c20-10-12-7-9-28-18(12)22-16(23)11-27-19(25)13-4-1-2-5-14(13)21-17(24)15-6-3-8-26-15/h1-9H,11H2,(H,21,24)(H,22,23). The number of ether oxygens (including phenoxy) is 1. The van der Waals surface area contributed by atoms with E-state index in [4.69, 9.17) is 14.4 Å². The molecule has 1 aromatic carbocycles. The van der Waals surface area contributed by atoms with E-state index in [9.17, 15) is 14.4 Å². The minimum absolute atomic E-state index is 0.0871. The van der Waals surface area contributed by atoms with Crippen LogP contribution in [0.2, 0.25) is 0 Å². The summed E-state index contributed by atoms with van der Waals surface area (Å²) in [6, 6.07) is 12.8. The molecule has 2 N–H and O–H groups in total. The van der Waals surface area contributed by atoms with Gasteiger partial charge in [-0.1, -0.05) is 12.1 Å². The second kappa shape index (κ2) is 8.66. The van der Waals surface area contributed by atoms with Crippen LogP contribution in [0.5, 0.6) is 0 Å². The molecule has 2 amide bonds. The Kier molecular flexibility index (Phi) is 5.84. The lowest BCUT2D eigenvalue weighted by molar-refractivity contribution is -0.119. The monoisotopic (exact) mass is 395 g/mol. The van der Waals surface area contributed by atoms with E-state index in [1.807, 2.05) is 6.07 Å². The number of benzene rings is 1. The Bertz CT molecular complexity index is 1050. The van der Waals surface area contributed by atoms with Gasteiger partial charge in [-0.15, -0.1) is 11.3 Å². The molecule has 0 aliphatic rings. The maximum atomic E-state index is 12.3. The van der Waals surface area contributed by atoms with E-state index in [0.29, 0.717) is 10.6 Å². The number of thiophene rings is 1. The summed E-state index contributed by atoms with van der Waals surface area (Å²) in [6.45, 7) is -0.540. The molecule has 0 spiro atoms. The number of amides is 2. The molecular weight excluding hydrogens is 382 g/mol. The predicted molar refractivity (Wildman–Crippen MR) is 101 cm³/mol. The molecule has 0 saturated heterocycles. The number of esters is 1. The third-order valence-corrected chi connectivity index (χ3v) is 4.34. The summed E-state index contributed by atoms with van der Waals surface area (Å²) in [7, 11) is 0. The van der Waals surface area contributed by atoms with Gasteiger partial charge in [-0.05, 0) is 35.7 Å². The number of rotatable bonds is 6. The van der Waals surface area contributed by atoms with Gasteiger partial charge < -0.3 is 19.8 Å². The van der Waals surface area contributed by atoms with Crippen molar-refractivity contribution in [2.24, 2.45) is 0 Å². The van der Waals surface area contributed by atoms with E-state index in [-0.39, 0.29) is 17.0 Å². The van der Waals surface area contributed by atoms with Gasteiger partial charge in [0.15, 0.2) is 12.4 Å². The van der Waals surface area contributed by atoms with Crippen LogP contribution in [0, 0.1) is 11.3 Å². The van der Waals surface area contributed by atoms with Crippen LogP contribution in [0.15, 0.2) is 58.5 Å². The first-order chi connectivity index (χ1) is 13.6. The van der Waals surface area contributed by atoms with Gasteiger partial charge in [-0.2, -0.15) is 5.26 Å². The fourth-order valence-electron chi connectivity index (χ4n) is 2.23. The van der Waals surface area contributed by atoms with E-state index in [1.165, 1.54) is 35.8 Å². The van der Waals surface area contributed by atoms with E-state index < -0.39 is 24.4 Å². The SMILES string of the molecule is N#Cc1ccsc1NC(=O)COC(=O)c1ccccc1NC(=O)c1ccco1. The number of nitrogens with zero attached hydrogens (tertiary/aromatic N) is 1. The first kappa shape index (κ1) is 18.9. The summed E-state index contributed by atoms with van der Waals surface area (Å²) in [5.41, 5.74) is 0.638. The Labute approximate surface area is 163 Å². The number of furan rings is 1. The van der Waals surface area contributed by atoms with Crippen LogP contribution < -0.4 is 10.6 Å². The third-order valence-electron chi connectivity index (χ3n) is 3.51. The zero-order chi connectivity index (χ0) is 19.9. The number of carbonyl (C=O) groups is 3. The van der Waals surface area contributed by atoms with Crippen molar-refractivity contribution in [2.75, 3.05) is 17.2 Å². The maximum Gasteiger partial charge on any atom is 0.340 e. The largest absolute Gasteiger partial charge is 0.459 e. The molecule has 0 bridgehead atoms. The molecule has 0 unspecified atom stereocenters. The molecule has 2 heterocycles. The topological polar surface area (TPSA) is 121 Å². The number of anilines is 2. The molecule has 0 aliphatic carbocycles. The maximum absolute atomic E-state index is 12.3. The Hall–Kier alpha value is -3.90. The van der Waals surface area contributed by atoms with E-state index >= 15 is 0 Å². The van der Waals surface area contributed by atoms with Crippen molar-refractivity contribution >= 4 is 39.8 Å². The number of para-hydroxylation sites is 1. The van der Waals surface area contributed by atoms with Crippen LogP contribution in [0.3, 0.4) is 0 Å². The summed E-state index contributed by atoms with van der Waals surface area (Å²) in [4.78, 5) is 36.4. The second-order valence-corrected chi connectivity index (χ2v) is 6.29. The van der Waals surface area contributed by atoms with Crippen molar-refractivity contribution in [1.82, 2.24) is 0 Å². The Morgan fingerprint density at radius 1 is 1.11 bits per heavy atom. The van der Waals surface area contributed by atoms with Crippen LogP contribution in [0.4, 0.5) is 10.7 Å². The molecule has 0 saturated carbocycles. The molecule has 2 aromatic heterocycles. The zero-order valence-electron chi connectivity index (χ0n) is 14.3. The van der Waals surface area contributed by atoms with Crippen molar-refractivity contribution in [3.8, 4) is 6.07 Å². The van der Waals surface area contributed by atoms with Crippen LogP contribution in [0.25, 0.3) is 0 Å². The number of nitrogens with one attached hydrogen (secondary N) is 2. The van der Waals surface area contributed by atoms with E-state index in [1.54, 1.807) is 29.6 Å². The van der Waals surface area contributed by atoms with Crippen molar-refractivity contribution < 1.29 is 23.5 Å². The normalized spacial score (nSPS) is 9.96. The molecule has 0 aliphatic heterocycles. The first-order valence-corrected chi connectivity index (χ1v) is 8.85. The van der Waals surface area contributed by atoms with Gasteiger partial charge in [0.2, 0.25) is 0 Å². The highest BCUT2D eigenvalue weighted by molar-refractivity contribution is 7.14. The average Bonchev–Trinajstić information content (AvgIpc) is 3.38. The van der Waals surface area contributed by atoms with Gasteiger partial charge in [-0.25, -0.2) is 4.79 Å². The quantitative estimate of drug-likeness (QED) is 0.618. The number of hydrogen-bond acceptors (Lipinski definition) is 7. The third kappa shape index (κ3) is 4.44. The number of hydrogen-bond donors (Lipinski definition) is 2. The average molecular weight is 395 g/mol. The lowest BCUT2D eigenvalue weighted by Gasteiger charge is -2.10. The van der Waals surface area contributed by atoms with E-state index in [0.717, 1.165) is 0 Å². The van der Waals surface area contributed by atoms with Crippen molar-refractivity contribution in [2.45, 2.75) is 0 Å². The van der Waals surface area contributed by atoms with Gasteiger partial charge >= 0.3 is 5.97 Å². The number of nitriles is 1. The Morgan fingerprint density at radius 3 is 2.68 bits per heavy atom. The van der Waals surface area contributed by atoms with Gasteiger partial charge in [0, 0.05) is 0 Å². The lowest BCUT2D eigenvalue weighted by atomic mass is 10.1. The fourth-order valence-corrected chi connectivity index (χ4v) is 2.98. The lowest BCUT2D eigenvalue weighted by Crippen LogP contribution is -2.22. The van der Waals surface area contributed by atoms with Gasteiger partial charge in [0.25, 0.3) is 11.8 Å². The molecule has 28 heavy (non-hydrogen) atoms. The van der Waals surface area contributed by atoms with Crippen LogP contribution >= 0.6 is 11.3 Å². The predicted octanol–water partition coefficient (Wildman–Crippen LogP) is 3.26. The van der Waals surface area contributed by atoms with Gasteiger partial charge in [-0.3, -0.25) is 9.59 Å². The summed E-state index contributed by atoms with van der Waals surface area (Å²) < 4.78 is 10.0. The minimum Gasteiger partial charge on any atom is -0.459 e. The molecule has 0 radical (unpaired) electrons. The molecule has 8 nitrogen and oxygen atoms in total. The molecule has 0 fully saturated rings. The number of carbonyl (C=O) groups excluding carboxylic acids is 3. The van der Waals surface area contributed by atoms with Crippen LogP contribution in [-0.2, 0) is 9.53 Å². The smallest absolute Gasteiger partial charge is 0.340 e. The van der Waals surface area contributed by atoms with E-state index in [2.05, 4.69) is 10.6 Å². The molecule has 3 rings (SSSR count). The highest BCUT2D eigenvalue weighted by Gasteiger charge is 2.18. The highest BCUT2D eigenvalue weighted by Crippen LogP contribution is 2.22. The summed E-state index contributed by atoms with van der Waals surface area (Å²) in [5.74, 6) is -1.79. The Balaban J connectivity index is 1.62. The highest BCUT2D eigenvalue weighted by atomic mass is 32.1.